The Hall–Kier alpha value is -0.370. The van der Waals surface area contributed by atoms with Crippen LogP contribution >= 0.6 is 0 Å². The molecule has 0 aromatic carbocycles. The largest absolute Gasteiger partial charge is 0.370 e. The van der Waals surface area contributed by atoms with Gasteiger partial charge in [0.15, 0.2) is 0 Å². The van der Waals surface area contributed by atoms with E-state index in [1.807, 2.05) is 0 Å². The van der Waals surface area contributed by atoms with Gasteiger partial charge in [0.25, 0.3) is 0 Å². The lowest BCUT2D eigenvalue weighted by Gasteiger charge is -1.92. The molecule has 0 N–H and O–H groups in total. The minimum absolute atomic E-state index is 0.290. The molecular weight excluding hydrogens is 140 g/mol. The van der Waals surface area contributed by atoms with Crippen LogP contribution in [0.2, 0.25) is 0 Å². The van der Waals surface area contributed by atoms with Crippen LogP contribution in [0.1, 0.15) is 39.5 Å². The smallest absolute Gasteiger partial charge is 0.129 e. The molecule has 64 valence electrons. The first-order valence-electron chi connectivity index (χ1n) is 4.39. The van der Waals surface area contributed by atoms with Gasteiger partial charge in [-0.15, -0.1) is 0 Å². The summed E-state index contributed by atoms with van der Waals surface area (Å²) in [5.41, 5.74) is 0. The molecule has 1 aliphatic rings. The van der Waals surface area contributed by atoms with Gasteiger partial charge >= 0.3 is 0 Å². The van der Waals surface area contributed by atoms with E-state index >= 15 is 0 Å². The summed E-state index contributed by atoms with van der Waals surface area (Å²) in [6.07, 6.45) is 4.87. The van der Waals surface area contributed by atoms with Gasteiger partial charge in [0.1, 0.15) is 5.78 Å². The number of epoxide rings is 1. The van der Waals surface area contributed by atoms with Gasteiger partial charge in [0, 0.05) is 6.42 Å². The van der Waals surface area contributed by atoms with E-state index in [2.05, 4.69) is 6.92 Å². The number of Topliss-reactive ketones (excluding diaryl/α,β-unsaturated/α-hetero) is 1. The minimum Gasteiger partial charge on any atom is -0.370 e. The Morgan fingerprint density at radius 1 is 1.45 bits per heavy atom. The molecule has 0 aromatic rings. The summed E-state index contributed by atoms with van der Waals surface area (Å²) >= 11 is 0. The highest BCUT2D eigenvalue weighted by molar-refractivity contribution is 5.75. The molecule has 0 aliphatic carbocycles. The number of ether oxygens (including phenoxy) is 1. The van der Waals surface area contributed by atoms with Crippen molar-refractivity contribution in [3.8, 4) is 0 Å². The Morgan fingerprint density at radius 2 is 2.18 bits per heavy atom. The average molecular weight is 156 g/mol. The Bertz CT molecular complexity index is 142. The summed E-state index contributed by atoms with van der Waals surface area (Å²) in [6.45, 7) is 3.78. The van der Waals surface area contributed by atoms with Crippen molar-refractivity contribution in [2.45, 2.75) is 51.7 Å². The maximum Gasteiger partial charge on any atom is 0.129 e. The quantitative estimate of drug-likeness (QED) is 0.569. The second kappa shape index (κ2) is 3.86. The Morgan fingerprint density at radius 3 is 2.64 bits per heavy atom. The van der Waals surface area contributed by atoms with Gasteiger partial charge in [0.05, 0.1) is 12.2 Å². The molecule has 2 heteroatoms. The number of rotatable bonds is 5. The van der Waals surface area contributed by atoms with Gasteiger partial charge in [-0.2, -0.15) is 0 Å². The van der Waals surface area contributed by atoms with Gasteiger partial charge < -0.3 is 9.53 Å². The molecule has 0 bridgehead atoms. The first-order chi connectivity index (χ1) is 5.24. The highest BCUT2D eigenvalue weighted by Gasteiger charge is 2.35. The summed E-state index contributed by atoms with van der Waals surface area (Å²) in [7, 11) is 0. The van der Waals surface area contributed by atoms with Crippen molar-refractivity contribution in [1.82, 2.24) is 0 Å². The standard InChI is InChI=1S/C9H16O2/c1-3-8-9(11-8)6-4-5-7(2)10/h8-9H,3-6H2,1-2H3. The summed E-state index contributed by atoms with van der Waals surface area (Å²) in [4.78, 5) is 10.6. The fourth-order valence-electron chi connectivity index (χ4n) is 1.34. The Labute approximate surface area is 67.9 Å². The molecule has 1 heterocycles. The third-order valence-corrected chi connectivity index (χ3v) is 2.11. The summed E-state index contributed by atoms with van der Waals surface area (Å²) in [6, 6.07) is 0. The molecular formula is C9H16O2. The summed E-state index contributed by atoms with van der Waals surface area (Å²) in [5, 5.41) is 0. The van der Waals surface area contributed by atoms with E-state index in [4.69, 9.17) is 4.74 Å². The molecule has 1 aliphatic heterocycles. The maximum absolute atomic E-state index is 10.6. The zero-order chi connectivity index (χ0) is 8.27. The second-order valence-electron chi connectivity index (χ2n) is 3.22. The molecule has 0 amide bonds. The van der Waals surface area contributed by atoms with Gasteiger partial charge in [-0.05, 0) is 26.2 Å². The van der Waals surface area contributed by atoms with Crippen molar-refractivity contribution >= 4 is 5.78 Å². The molecule has 0 spiro atoms. The van der Waals surface area contributed by atoms with Crippen LogP contribution < -0.4 is 0 Å². The monoisotopic (exact) mass is 156 g/mol. The summed E-state index contributed by atoms with van der Waals surface area (Å²) in [5.74, 6) is 0.290. The Kier molecular flexibility index (Phi) is 3.06. The molecule has 1 saturated heterocycles. The van der Waals surface area contributed by atoms with E-state index in [9.17, 15) is 4.79 Å². The molecule has 2 nitrogen and oxygen atoms in total. The SMILES string of the molecule is CCC1OC1CCCC(C)=O. The summed E-state index contributed by atoms with van der Waals surface area (Å²) < 4.78 is 5.34. The van der Waals surface area contributed by atoms with Crippen LogP contribution in [0.4, 0.5) is 0 Å². The van der Waals surface area contributed by atoms with Gasteiger partial charge in [-0.25, -0.2) is 0 Å². The van der Waals surface area contributed by atoms with Gasteiger partial charge in [-0.3, -0.25) is 0 Å². The van der Waals surface area contributed by atoms with Crippen LogP contribution in [0.25, 0.3) is 0 Å². The van der Waals surface area contributed by atoms with E-state index in [1.54, 1.807) is 6.92 Å². The van der Waals surface area contributed by atoms with Crippen molar-refractivity contribution < 1.29 is 9.53 Å². The number of carbonyl (C=O) groups is 1. The van der Waals surface area contributed by atoms with Crippen LogP contribution in [0.5, 0.6) is 0 Å². The topological polar surface area (TPSA) is 29.6 Å². The first-order valence-corrected chi connectivity index (χ1v) is 4.39. The Balaban J connectivity index is 1.93. The normalized spacial score (nSPS) is 28.5. The van der Waals surface area contributed by atoms with E-state index in [0.717, 1.165) is 25.7 Å². The van der Waals surface area contributed by atoms with Crippen LogP contribution in [-0.2, 0) is 9.53 Å². The zero-order valence-electron chi connectivity index (χ0n) is 7.30. The molecule has 0 saturated carbocycles. The van der Waals surface area contributed by atoms with Crippen molar-refractivity contribution in [3.63, 3.8) is 0 Å². The number of hydrogen-bond acceptors (Lipinski definition) is 2. The van der Waals surface area contributed by atoms with Crippen LogP contribution in [0.3, 0.4) is 0 Å². The fraction of sp³-hybridized carbons (Fsp3) is 0.889. The van der Waals surface area contributed by atoms with E-state index in [0.29, 0.717) is 18.0 Å². The highest BCUT2D eigenvalue weighted by Crippen LogP contribution is 2.29. The second-order valence-corrected chi connectivity index (χ2v) is 3.22. The predicted molar refractivity (Wildman–Crippen MR) is 43.5 cm³/mol. The van der Waals surface area contributed by atoms with E-state index in [-0.39, 0.29) is 0 Å². The third-order valence-electron chi connectivity index (χ3n) is 2.11. The lowest BCUT2D eigenvalue weighted by Crippen LogP contribution is -1.95. The number of ketones is 1. The van der Waals surface area contributed by atoms with Crippen LogP contribution in [0.15, 0.2) is 0 Å². The fourth-order valence-corrected chi connectivity index (χ4v) is 1.34. The molecule has 11 heavy (non-hydrogen) atoms. The van der Waals surface area contributed by atoms with E-state index < -0.39 is 0 Å². The number of carbonyl (C=O) groups excluding carboxylic acids is 1. The number of hydrogen-bond donors (Lipinski definition) is 0. The third kappa shape index (κ3) is 3.02. The molecule has 1 fully saturated rings. The van der Waals surface area contributed by atoms with Crippen LogP contribution in [0, 0.1) is 0 Å². The van der Waals surface area contributed by atoms with Crippen molar-refractivity contribution in [3.05, 3.63) is 0 Å². The molecule has 1 rings (SSSR count). The first kappa shape index (κ1) is 8.72. The predicted octanol–water partition coefficient (Wildman–Crippen LogP) is 1.92. The lowest BCUT2D eigenvalue weighted by molar-refractivity contribution is -0.117. The molecule has 2 atom stereocenters. The zero-order valence-corrected chi connectivity index (χ0v) is 7.30. The highest BCUT2D eigenvalue weighted by atomic mass is 16.6. The molecule has 0 radical (unpaired) electrons. The van der Waals surface area contributed by atoms with Gasteiger partial charge in [-0.1, -0.05) is 6.92 Å². The van der Waals surface area contributed by atoms with Gasteiger partial charge in [0.2, 0.25) is 0 Å². The molecule has 2 unspecified atom stereocenters. The van der Waals surface area contributed by atoms with Crippen LogP contribution in [-0.4, -0.2) is 18.0 Å². The average Bonchev–Trinajstić information content (AvgIpc) is 2.66. The van der Waals surface area contributed by atoms with Crippen molar-refractivity contribution in [2.24, 2.45) is 0 Å². The lowest BCUT2D eigenvalue weighted by atomic mass is 10.1. The van der Waals surface area contributed by atoms with Crippen molar-refractivity contribution in [1.29, 1.82) is 0 Å². The minimum atomic E-state index is 0.290. The maximum atomic E-state index is 10.6. The van der Waals surface area contributed by atoms with E-state index in [1.165, 1.54) is 0 Å². The molecule has 0 aromatic heterocycles. The van der Waals surface area contributed by atoms with Crippen molar-refractivity contribution in [2.75, 3.05) is 0 Å².